The van der Waals surface area contributed by atoms with E-state index in [1.165, 1.54) is 0 Å². The Kier molecular flexibility index (Phi) is 5.58. The van der Waals surface area contributed by atoms with Crippen molar-refractivity contribution in [2.45, 2.75) is 12.3 Å². The molecule has 0 radical (unpaired) electrons. The molecule has 1 atom stereocenters. The molecule has 1 N–H and O–H groups in total. The molecule has 0 aliphatic carbocycles. The summed E-state index contributed by atoms with van der Waals surface area (Å²) < 4.78 is 16.8. The first-order valence-electron chi connectivity index (χ1n) is 9.28. The van der Waals surface area contributed by atoms with Crippen molar-refractivity contribution in [3.05, 3.63) is 77.3 Å². The van der Waals surface area contributed by atoms with Crippen molar-refractivity contribution < 1.29 is 19.0 Å². The van der Waals surface area contributed by atoms with Gasteiger partial charge >= 0.3 is 0 Å². The van der Waals surface area contributed by atoms with E-state index >= 15 is 0 Å². The van der Waals surface area contributed by atoms with E-state index in [1.807, 2.05) is 36.4 Å². The van der Waals surface area contributed by atoms with Crippen molar-refractivity contribution in [3.63, 3.8) is 0 Å². The van der Waals surface area contributed by atoms with Gasteiger partial charge in [-0.2, -0.15) is 0 Å². The first kappa shape index (κ1) is 19.2. The first-order valence-corrected chi connectivity index (χ1v) is 9.66. The summed E-state index contributed by atoms with van der Waals surface area (Å²) in [6, 6.07) is 20.0. The van der Waals surface area contributed by atoms with Crippen LogP contribution in [0.1, 0.15) is 17.9 Å². The molecule has 0 aromatic heterocycles. The maximum Gasteiger partial charge on any atom is 0.232 e. The third-order valence-electron chi connectivity index (χ3n) is 4.76. The van der Waals surface area contributed by atoms with Crippen LogP contribution in [0, 0.1) is 0 Å². The summed E-state index contributed by atoms with van der Waals surface area (Å²) in [5.74, 6) is 2.20. The molecule has 6 heteroatoms. The zero-order valence-corrected chi connectivity index (χ0v) is 16.6. The van der Waals surface area contributed by atoms with E-state index in [4.69, 9.17) is 25.8 Å². The molecule has 1 unspecified atom stereocenters. The van der Waals surface area contributed by atoms with Gasteiger partial charge in [0.15, 0.2) is 5.75 Å². The zero-order chi connectivity index (χ0) is 20.2. The van der Waals surface area contributed by atoms with Gasteiger partial charge in [0.1, 0.15) is 17.2 Å². The Labute approximate surface area is 174 Å². The molecule has 3 aromatic carbocycles. The summed E-state index contributed by atoms with van der Waals surface area (Å²) in [6.07, 6.45) is 0.609. The number of amides is 1. The second kappa shape index (κ2) is 8.45. The van der Waals surface area contributed by atoms with Gasteiger partial charge in [0, 0.05) is 10.6 Å². The molecule has 1 aliphatic rings. The van der Waals surface area contributed by atoms with Crippen molar-refractivity contribution in [3.8, 4) is 23.0 Å². The number of benzene rings is 3. The van der Waals surface area contributed by atoms with E-state index in [9.17, 15) is 4.79 Å². The number of nitrogens with one attached hydrogen (secondary N) is 1. The van der Waals surface area contributed by atoms with E-state index in [-0.39, 0.29) is 11.8 Å². The quantitative estimate of drug-likeness (QED) is 0.592. The molecule has 0 fully saturated rings. The lowest BCUT2D eigenvalue weighted by atomic mass is 9.92. The Balaban J connectivity index is 1.57. The lowest BCUT2D eigenvalue weighted by Crippen LogP contribution is -2.26. The molecule has 1 aliphatic heterocycles. The number of anilines is 1. The number of hydrogen-bond acceptors (Lipinski definition) is 4. The molecular weight excluding hydrogens is 390 g/mol. The van der Waals surface area contributed by atoms with E-state index in [1.54, 1.807) is 37.4 Å². The molecule has 0 bridgehead atoms. The van der Waals surface area contributed by atoms with Crippen LogP contribution in [-0.2, 0) is 4.79 Å². The first-order chi connectivity index (χ1) is 14.1. The normalized spacial score (nSPS) is 15.0. The monoisotopic (exact) mass is 409 g/mol. The van der Waals surface area contributed by atoms with Crippen LogP contribution in [0.4, 0.5) is 5.69 Å². The Morgan fingerprint density at radius 1 is 1.07 bits per heavy atom. The van der Waals surface area contributed by atoms with E-state index in [0.717, 1.165) is 17.1 Å². The van der Waals surface area contributed by atoms with Crippen LogP contribution >= 0.6 is 11.6 Å². The Morgan fingerprint density at radius 3 is 2.62 bits per heavy atom. The minimum atomic E-state index is -0.298. The fraction of sp³-hybridized carbons (Fsp3) is 0.174. The maximum atomic E-state index is 13.0. The molecule has 5 nitrogen and oxygen atoms in total. The Bertz CT molecular complexity index is 1020. The SMILES string of the molecule is COc1ccc(Oc2ccc(Cl)cc2NC(=O)C2CCOc3ccccc32)cc1. The summed E-state index contributed by atoms with van der Waals surface area (Å²) in [4.78, 5) is 13.0. The largest absolute Gasteiger partial charge is 0.497 e. The number of hydrogen-bond donors (Lipinski definition) is 1. The third-order valence-corrected chi connectivity index (χ3v) is 5.00. The molecule has 0 spiro atoms. The van der Waals surface area contributed by atoms with Gasteiger partial charge in [-0.05, 0) is 55.0 Å². The minimum absolute atomic E-state index is 0.123. The molecule has 1 amide bonds. The highest BCUT2D eigenvalue weighted by atomic mass is 35.5. The van der Waals surface area contributed by atoms with Gasteiger partial charge in [0.2, 0.25) is 5.91 Å². The van der Waals surface area contributed by atoms with Crippen molar-refractivity contribution in [1.29, 1.82) is 0 Å². The van der Waals surface area contributed by atoms with Crippen molar-refractivity contribution in [1.82, 2.24) is 0 Å². The van der Waals surface area contributed by atoms with Gasteiger partial charge in [0.25, 0.3) is 0 Å². The van der Waals surface area contributed by atoms with Gasteiger partial charge in [-0.25, -0.2) is 0 Å². The Hall–Kier alpha value is -3.18. The number of ether oxygens (including phenoxy) is 3. The summed E-state index contributed by atoms with van der Waals surface area (Å²) in [5, 5.41) is 3.49. The molecule has 3 aromatic rings. The highest BCUT2D eigenvalue weighted by Crippen LogP contribution is 2.37. The number of halogens is 1. The van der Waals surface area contributed by atoms with Gasteiger partial charge < -0.3 is 19.5 Å². The lowest BCUT2D eigenvalue weighted by Gasteiger charge is -2.25. The molecule has 0 saturated heterocycles. The summed E-state index contributed by atoms with van der Waals surface area (Å²) in [5.41, 5.74) is 1.40. The number of para-hydroxylation sites is 1. The summed E-state index contributed by atoms with van der Waals surface area (Å²) >= 11 is 6.17. The number of rotatable bonds is 5. The molecule has 148 valence electrons. The minimum Gasteiger partial charge on any atom is -0.497 e. The Morgan fingerprint density at radius 2 is 1.83 bits per heavy atom. The third kappa shape index (κ3) is 4.30. The molecule has 4 rings (SSSR count). The zero-order valence-electron chi connectivity index (χ0n) is 15.9. The summed E-state index contributed by atoms with van der Waals surface area (Å²) in [7, 11) is 1.61. The van der Waals surface area contributed by atoms with Gasteiger partial charge in [-0.1, -0.05) is 29.8 Å². The van der Waals surface area contributed by atoms with Crippen LogP contribution in [0.15, 0.2) is 66.7 Å². The number of carbonyl (C=O) groups is 1. The second-order valence-corrected chi connectivity index (χ2v) is 7.07. The molecular formula is C23H20ClNO4. The van der Waals surface area contributed by atoms with Gasteiger partial charge in [-0.3, -0.25) is 4.79 Å². The lowest BCUT2D eigenvalue weighted by molar-refractivity contribution is -0.118. The topological polar surface area (TPSA) is 56.8 Å². The van der Waals surface area contributed by atoms with Crippen LogP contribution in [0.5, 0.6) is 23.0 Å². The van der Waals surface area contributed by atoms with Gasteiger partial charge in [-0.15, -0.1) is 0 Å². The molecule has 29 heavy (non-hydrogen) atoms. The second-order valence-electron chi connectivity index (χ2n) is 6.63. The van der Waals surface area contributed by atoms with Crippen LogP contribution in [0.25, 0.3) is 0 Å². The number of methoxy groups -OCH3 is 1. The van der Waals surface area contributed by atoms with Crippen molar-refractivity contribution in [2.75, 3.05) is 19.0 Å². The predicted molar refractivity (Wildman–Crippen MR) is 112 cm³/mol. The molecule has 0 saturated carbocycles. The molecule has 1 heterocycles. The van der Waals surface area contributed by atoms with Crippen LogP contribution < -0.4 is 19.5 Å². The average molecular weight is 410 g/mol. The fourth-order valence-electron chi connectivity index (χ4n) is 3.29. The average Bonchev–Trinajstić information content (AvgIpc) is 2.75. The summed E-state index contributed by atoms with van der Waals surface area (Å²) in [6.45, 7) is 0.500. The standard InChI is InChI=1S/C23H20ClNO4/c1-27-16-7-9-17(10-8-16)29-22-11-6-15(24)14-20(22)25-23(26)19-12-13-28-21-5-3-2-4-18(19)21/h2-11,14,19H,12-13H2,1H3,(H,25,26). The van der Waals surface area contributed by atoms with Crippen LogP contribution in [0.2, 0.25) is 5.02 Å². The van der Waals surface area contributed by atoms with Crippen LogP contribution in [0.3, 0.4) is 0 Å². The number of carbonyl (C=O) groups excluding carboxylic acids is 1. The highest BCUT2D eigenvalue weighted by Gasteiger charge is 2.28. The smallest absolute Gasteiger partial charge is 0.232 e. The van der Waals surface area contributed by atoms with Crippen LogP contribution in [-0.4, -0.2) is 19.6 Å². The number of fused-ring (bicyclic) bond motifs is 1. The van der Waals surface area contributed by atoms with E-state index in [2.05, 4.69) is 5.32 Å². The maximum absolute atomic E-state index is 13.0. The van der Waals surface area contributed by atoms with Crippen molar-refractivity contribution >= 4 is 23.2 Å². The van der Waals surface area contributed by atoms with E-state index in [0.29, 0.717) is 35.2 Å². The van der Waals surface area contributed by atoms with E-state index < -0.39 is 0 Å². The predicted octanol–water partition coefficient (Wildman–Crippen LogP) is 5.65. The highest BCUT2D eigenvalue weighted by molar-refractivity contribution is 6.31. The fourth-order valence-corrected chi connectivity index (χ4v) is 3.47. The van der Waals surface area contributed by atoms with Crippen molar-refractivity contribution in [2.24, 2.45) is 0 Å². The van der Waals surface area contributed by atoms with Gasteiger partial charge in [0.05, 0.1) is 25.3 Å².